The van der Waals surface area contributed by atoms with E-state index in [1.807, 2.05) is 30.3 Å². The van der Waals surface area contributed by atoms with Crippen LogP contribution in [0.15, 0.2) is 30.3 Å². The third-order valence-corrected chi connectivity index (χ3v) is 2.59. The van der Waals surface area contributed by atoms with Gasteiger partial charge in [-0.15, -0.1) is 0 Å². The van der Waals surface area contributed by atoms with Gasteiger partial charge in [0.15, 0.2) is 0 Å². The van der Waals surface area contributed by atoms with Gasteiger partial charge in [0.05, 0.1) is 6.10 Å². The van der Waals surface area contributed by atoms with Crippen molar-refractivity contribution in [1.82, 2.24) is 0 Å². The van der Waals surface area contributed by atoms with Gasteiger partial charge >= 0.3 is 0 Å². The zero-order valence-corrected chi connectivity index (χ0v) is 9.57. The Kier molecular flexibility index (Phi) is 2.70. The summed E-state index contributed by atoms with van der Waals surface area (Å²) in [6, 6.07) is 9.87. The quantitative estimate of drug-likeness (QED) is 0.709. The molecule has 1 aliphatic rings. The number of rotatable bonds is 3. The van der Waals surface area contributed by atoms with Crippen LogP contribution in [0.25, 0.3) is 0 Å². The smallest absolute Gasteiger partial charge is 0.119 e. The van der Waals surface area contributed by atoms with Gasteiger partial charge in [-0.05, 0) is 17.5 Å². The van der Waals surface area contributed by atoms with Crippen molar-refractivity contribution >= 4 is 0 Å². The molecular formula is C13H18O2. The Morgan fingerprint density at radius 1 is 1.20 bits per heavy atom. The topological polar surface area (TPSA) is 21.8 Å². The van der Waals surface area contributed by atoms with E-state index in [-0.39, 0.29) is 11.5 Å². The fraction of sp³-hybridized carbons (Fsp3) is 0.538. The molecule has 1 saturated heterocycles. The maximum Gasteiger partial charge on any atom is 0.119 e. The van der Waals surface area contributed by atoms with Crippen molar-refractivity contribution in [3.05, 3.63) is 30.3 Å². The highest BCUT2D eigenvalue weighted by atomic mass is 16.6. The van der Waals surface area contributed by atoms with E-state index in [0.717, 1.165) is 5.75 Å². The molecule has 2 unspecified atom stereocenters. The number of hydrogen-bond donors (Lipinski definition) is 0. The van der Waals surface area contributed by atoms with E-state index < -0.39 is 0 Å². The Morgan fingerprint density at radius 3 is 2.40 bits per heavy atom. The average molecular weight is 206 g/mol. The van der Waals surface area contributed by atoms with E-state index in [9.17, 15) is 0 Å². The molecule has 0 spiro atoms. The summed E-state index contributed by atoms with van der Waals surface area (Å²) in [5.41, 5.74) is 0.227. The Labute approximate surface area is 91.2 Å². The molecule has 82 valence electrons. The van der Waals surface area contributed by atoms with Crippen LogP contribution in [0.4, 0.5) is 0 Å². The van der Waals surface area contributed by atoms with Crippen molar-refractivity contribution in [2.24, 2.45) is 5.41 Å². The van der Waals surface area contributed by atoms with Gasteiger partial charge in [0.2, 0.25) is 0 Å². The van der Waals surface area contributed by atoms with Crippen LogP contribution >= 0.6 is 0 Å². The molecule has 0 aliphatic carbocycles. The third-order valence-electron chi connectivity index (χ3n) is 2.59. The van der Waals surface area contributed by atoms with E-state index in [1.165, 1.54) is 0 Å². The Hall–Kier alpha value is -1.02. The highest BCUT2D eigenvalue weighted by molar-refractivity contribution is 5.21. The van der Waals surface area contributed by atoms with Gasteiger partial charge in [-0.3, -0.25) is 0 Å². The van der Waals surface area contributed by atoms with Crippen molar-refractivity contribution in [2.45, 2.75) is 33.0 Å². The number of hydrogen-bond acceptors (Lipinski definition) is 2. The van der Waals surface area contributed by atoms with Crippen LogP contribution in [0.1, 0.15) is 20.8 Å². The highest BCUT2D eigenvalue weighted by Gasteiger charge is 2.47. The molecule has 1 aliphatic heterocycles. The first-order valence-electron chi connectivity index (χ1n) is 5.41. The summed E-state index contributed by atoms with van der Waals surface area (Å²) in [6.45, 7) is 7.24. The molecule has 0 saturated carbocycles. The summed E-state index contributed by atoms with van der Waals surface area (Å²) < 4.78 is 11.2. The Morgan fingerprint density at radius 2 is 1.87 bits per heavy atom. The van der Waals surface area contributed by atoms with Gasteiger partial charge in [-0.2, -0.15) is 0 Å². The molecule has 1 aromatic rings. The van der Waals surface area contributed by atoms with Crippen LogP contribution in [0.2, 0.25) is 0 Å². The predicted octanol–water partition coefficient (Wildman–Crippen LogP) is 2.88. The molecule has 15 heavy (non-hydrogen) atoms. The third kappa shape index (κ3) is 2.72. The molecule has 1 aromatic carbocycles. The number of epoxide rings is 1. The van der Waals surface area contributed by atoms with Gasteiger partial charge in [-0.25, -0.2) is 0 Å². The van der Waals surface area contributed by atoms with Crippen LogP contribution in [0.5, 0.6) is 5.75 Å². The minimum Gasteiger partial charge on any atom is -0.491 e. The first-order chi connectivity index (χ1) is 7.07. The summed E-state index contributed by atoms with van der Waals surface area (Å²) >= 11 is 0. The van der Waals surface area contributed by atoms with E-state index >= 15 is 0 Å². The Balaban J connectivity index is 1.78. The fourth-order valence-corrected chi connectivity index (χ4v) is 1.73. The second-order valence-corrected chi connectivity index (χ2v) is 5.09. The number of ether oxygens (including phenoxy) is 2. The van der Waals surface area contributed by atoms with E-state index in [1.54, 1.807) is 0 Å². The molecule has 0 radical (unpaired) electrons. The molecule has 2 rings (SSSR count). The second kappa shape index (κ2) is 3.86. The summed E-state index contributed by atoms with van der Waals surface area (Å²) in [5, 5.41) is 0. The summed E-state index contributed by atoms with van der Waals surface area (Å²) in [5.74, 6) is 0.917. The molecule has 1 fully saturated rings. The fourth-order valence-electron chi connectivity index (χ4n) is 1.73. The molecular weight excluding hydrogens is 188 g/mol. The zero-order chi connectivity index (χ0) is 10.9. The molecule has 0 amide bonds. The van der Waals surface area contributed by atoms with Crippen LogP contribution in [-0.4, -0.2) is 18.8 Å². The van der Waals surface area contributed by atoms with Gasteiger partial charge in [-0.1, -0.05) is 39.0 Å². The van der Waals surface area contributed by atoms with Crippen LogP contribution in [0.3, 0.4) is 0 Å². The maximum atomic E-state index is 5.63. The molecule has 1 heterocycles. The van der Waals surface area contributed by atoms with Gasteiger partial charge in [0.1, 0.15) is 18.5 Å². The zero-order valence-electron chi connectivity index (χ0n) is 9.57. The molecule has 0 bridgehead atoms. The monoisotopic (exact) mass is 206 g/mol. The van der Waals surface area contributed by atoms with Gasteiger partial charge < -0.3 is 9.47 Å². The second-order valence-electron chi connectivity index (χ2n) is 5.09. The lowest BCUT2D eigenvalue weighted by Gasteiger charge is -2.14. The van der Waals surface area contributed by atoms with E-state index in [0.29, 0.717) is 12.7 Å². The Bertz CT molecular complexity index is 313. The lowest BCUT2D eigenvalue weighted by atomic mass is 9.90. The van der Waals surface area contributed by atoms with Crippen molar-refractivity contribution in [3.8, 4) is 5.75 Å². The lowest BCUT2D eigenvalue weighted by molar-refractivity contribution is 0.240. The normalized spacial score (nSPS) is 25.0. The molecule has 0 aromatic heterocycles. The first kappa shape index (κ1) is 10.5. The van der Waals surface area contributed by atoms with Crippen LogP contribution in [-0.2, 0) is 4.74 Å². The maximum absolute atomic E-state index is 5.63. The van der Waals surface area contributed by atoms with Gasteiger partial charge in [0, 0.05) is 0 Å². The number of benzene rings is 1. The summed E-state index contributed by atoms with van der Waals surface area (Å²) in [6.07, 6.45) is 0.617. The predicted molar refractivity (Wildman–Crippen MR) is 60.1 cm³/mol. The van der Waals surface area contributed by atoms with Crippen molar-refractivity contribution < 1.29 is 9.47 Å². The summed E-state index contributed by atoms with van der Waals surface area (Å²) in [4.78, 5) is 0. The molecule has 0 N–H and O–H groups in total. The van der Waals surface area contributed by atoms with Crippen molar-refractivity contribution in [2.75, 3.05) is 6.61 Å². The first-order valence-corrected chi connectivity index (χ1v) is 5.41. The van der Waals surface area contributed by atoms with Crippen LogP contribution < -0.4 is 4.74 Å². The largest absolute Gasteiger partial charge is 0.491 e. The minimum absolute atomic E-state index is 0.227. The van der Waals surface area contributed by atoms with Crippen LogP contribution in [0, 0.1) is 5.41 Å². The lowest BCUT2D eigenvalue weighted by Crippen LogP contribution is -2.19. The number of para-hydroxylation sites is 1. The SMILES string of the molecule is CC(C)(C)C1OC1COc1ccccc1. The van der Waals surface area contributed by atoms with E-state index in [4.69, 9.17) is 9.47 Å². The average Bonchev–Trinajstić information content (AvgIpc) is 2.95. The van der Waals surface area contributed by atoms with E-state index in [2.05, 4.69) is 20.8 Å². The van der Waals surface area contributed by atoms with Crippen molar-refractivity contribution in [1.29, 1.82) is 0 Å². The standard InChI is InChI=1S/C13H18O2/c1-13(2,3)12-11(15-12)9-14-10-7-5-4-6-8-10/h4-8,11-12H,9H2,1-3H3. The summed E-state index contributed by atoms with van der Waals surface area (Å²) in [7, 11) is 0. The highest BCUT2D eigenvalue weighted by Crippen LogP contribution is 2.38. The molecule has 2 heteroatoms. The van der Waals surface area contributed by atoms with Crippen molar-refractivity contribution in [3.63, 3.8) is 0 Å². The minimum atomic E-state index is 0.227. The van der Waals surface area contributed by atoms with Gasteiger partial charge in [0.25, 0.3) is 0 Å². The molecule has 2 atom stereocenters. The molecule has 2 nitrogen and oxygen atoms in total.